The van der Waals surface area contributed by atoms with E-state index in [0.717, 1.165) is 29.0 Å². The lowest BCUT2D eigenvalue weighted by Gasteiger charge is -2.18. The number of aromatic nitrogens is 2. The first kappa shape index (κ1) is 18.7. The number of halogens is 3. The summed E-state index contributed by atoms with van der Waals surface area (Å²) in [6.07, 6.45) is 6.59. The quantitative estimate of drug-likeness (QED) is 0.403. The zero-order valence-corrected chi connectivity index (χ0v) is 16.7. The second-order valence-electron chi connectivity index (χ2n) is 5.65. The maximum absolute atomic E-state index is 6.71. The van der Waals surface area contributed by atoms with Gasteiger partial charge in [0.05, 0.1) is 16.4 Å². The van der Waals surface area contributed by atoms with Gasteiger partial charge in [-0.1, -0.05) is 59.9 Å². The minimum Gasteiger partial charge on any atom is -0.336 e. The Morgan fingerprint density at radius 2 is 1.84 bits per heavy atom. The molecule has 0 amide bonds. The van der Waals surface area contributed by atoms with Gasteiger partial charge in [0.1, 0.15) is 0 Å². The Morgan fingerprint density at radius 3 is 2.48 bits per heavy atom. The van der Waals surface area contributed by atoms with Crippen LogP contribution in [0.25, 0.3) is 11.1 Å². The van der Waals surface area contributed by atoms with Crippen LogP contribution in [0.3, 0.4) is 0 Å². The molecular weight excluding hydrogens is 395 g/mol. The molecule has 130 valence electrons. The molecule has 0 aliphatic rings. The fourth-order valence-electron chi connectivity index (χ4n) is 2.54. The first-order chi connectivity index (χ1) is 12.1. The van der Waals surface area contributed by atoms with E-state index >= 15 is 0 Å². The molecule has 1 aromatic heterocycles. The van der Waals surface area contributed by atoms with Gasteiger partial charge in [0.15, 0.2) is 0 Å². The molecule has 0 radical (unpaired) electrons. The van der Waals surface area contributed by atoms with Crippen molar-refractivity contribution in [3.05, 3.63) is 70.2 Å². The molecule has 3 aromatic rings. The summed E-state index contributed by atoms with van der Waals surface area (Å²) in [4.78, 5) is 5.02. The van der Waals surface area contributed by atoms with Crippen molar-refractivity contribution in [2.75, 3.05) is 0 Å². The van der Waals surface area contributed by atoms with Gasteiger partial charge in [0.2, 0.25) is 0 Å². The smallest absolute Gasteiger partial charge is 0.0946 e. The molecule has 1 unspecified atom stereocenters. The zero-order valence-electron chi connectivity index (χ0n) is 13.6. The van der Waals surface area contributed by atoms with Crippen molar-refractivity contribution in [1.82, 2.24) is 9.55 Å². The standard InChI is InChI=1S/C19H17Cl3N2S/c1-2-15(11-24-10-9-23-12-24)25-19-17(21)8-7-16(18(19)22)13-3-5-14(20)6-4-13/h3-10,12,15H,2,11H2,1H3. The number of thioether (sulfide) groups is 1. The van der Waals surface area contributed by atoms with Gasteiger partial charge in [-0.2, -0.15) is 0 Å². The molecule has 0 saturated heterocycles. The number of hydrogen-bond donors (Lipinski definition) is 0. The minimum atomic E-state index is 0.352. The van der Waals surface area contributed by atoms with Crippen molar-refractivity contribution < 1.29 is 0 Å². The topological polar surface area (TPSA) is 17.8 Å². The largest absolute Gasteiger partial charge is 0.336 e. The fourth-order valence-corrected chi connectivity index (χ4v) is 4.55. The van der Waals surface area contributed by atoms with Crippen LogP contribution in [-0.4, -0.2) is 14.8 Å². The third kappa shape index (κ3) is 4.53. The highest BCUT2D eigenvalue weighted by Gasteiger charge is 2.17. The van der Waals surface area contributed by atoms with Crippen LogP contribution < -0.4 is 0 Å². The molecule has 0 fully saturated rings. The lowest BCUT2D eigenvalue weighted by molar-refractivity contribution is 0.646. The summed E-state index contributed by atoms with van der Waals surface area (Å²) in [6.45, 7) is 3.03. The van der Waals surface area contributed by atoms with E-state index < -0.39 is 0 Å². The Bertz CT molecular complexity index is 833. The van der Waals surface area contributed by atoms with Gasteiger partial charge < -0.3 is 4.57 Å². The molecule has 0 saturated carbocycles. The van der Waals surface area contributed by atoms with E-state index in [2.05, 4.69) is 16.5 Å². The molecule has 0 bridgehead atoms. The average Bonchev–Trinajstić information content (AvgIpc) is 3.12. The van der Waals surface area contributed by atoms with Crippen LogP contribution in [0.4, 0.5) is 0 Å². The zero-order chi connectivity index (χ0) is 17.8. The maximum atomic E-state index is 6.71. The molecule has 6 heteroatoms. The van der Waals surface area contributed by atoms with Gasteiger partial charge in [-0.25, -0.2) is 4.98 Å². The Morgan fingerprint density at radius 1 is 1.08 bits per heavy atom. The molecule has 0 aliphatic carbocycles. The summed E-state index contributed by atoms with van der Waals surface area (Å²) in [5, 5.41) is 2.42. The number of rotatable bonds is 6. The Labute approximate surface area is 167 Å². The van der Waals surface area contributed by atoms with Gasteiger partial charge in [0, 0.05) is 39.7 Å². The van der Waals surface area contributed by atoms with E-state index in [1.165, 1.54) is 0 Å². The summed E-state index contributed by atoms with van der Waals surface area (Å²) >= 11 is 20.9. The second kappa shape index (κ2) is 8.50. The SMILES string of the molecule is CCC(Cn1ccnc1)Sc1c(Cl)ccc(-c2ccc(Cl)cc2)c1Cl. The number of hydrogen-bond acceptors (Lipinski definition) is 2. The van der Waals surface area contributed by atoms with E-state index in [4.69, 9.17) is 34.8 Å². The van der Waals surface area contributed by atoms with Gasteiger partial charge in [-0.3, -0.25) is 0 Å². The van der Waals surface area contributed by atoms with Crippen molar-refractivity contribution >= 4 is 46.6 Å². The van der Waals surface area contributed by atoms with Crippen LogP contribution in [0.2, 0.25) is 15.1 Å². The van der Waals surface area contributed by atoms with Crippen molar-refractivity contribution in [2.45, 2.75) is 30.0 Å². The highest BCUT2D eigenvalue weighted by Crippen LogP contribution is 2.43. The van der Waals surface area contributed by atoms with Crippen molar-refractivity contribution in [3.8, 4) is 11.1 Å². The van der Waals surface area contributed by atoms with Gasteiger partial charge in [-0.05, 0) is 30.2 Å². The number of benzene rings is 2. The lowest BCUT2D eigenvalue weighted by Crippen LogP contribution is -2.10. The highest BCUT2D eigenvalue weighted by atomic mass is 35.5. The molecule has 25 heavy (non-hydrogen) atoms. The van der Waals surface area contributed by atoms with Crippen molar-refractivity contribution in [1.29, 1.82) is 0 Å². The van der Waals surface area contributed by atoms with E-state index in [-0.39, 0.29) is 0 Å². The first-order valence-corrected chi connectivity index (χ1v) is 9.96. The normalized spacial score (nSPS) is 12.3. The van der Waals surface area contributed by atoms with Crippen LogP contribution >= 0.6 is 46.6 Å². The van der Waals surface area contributed by atoms with Gasteiger partial charge in [-0.15, -0.1) is 11.8 Å². The lowest BCUT2D eigenvalue weighted by atomic mass is 10.1. The summed E-state index contributed by atoms with van der Waals surface area (Å²) < 4.78 is 2.08. The number of imidazole rings is 1. The van der Waals surface area contributed by atoms with Crippen LogP contribution in [0, 0.1) is 0 Å². The van der Waals surface area contributed by atoms with E-state index in [1.54, 1.807) is 18.0 Å². The summed E-state index contributed by atoms with van der Waals surface area (Å²) in [5.41, 5.74) is 1.98. The minimum absolute atomic E-state index is 0.352. The summed E-state index contributed by atoms with van der Waals surface area (Å²) in [6, 6.07) is 11.5. The highest BCUT2D eigenvalue weighted by molar-refractivity contribution is 8.00. The molecule has 2 aromatic carbocycles. The molecule has 1 heterocycles. The monoisotopic (exact) mass is 410 g/mol. The third-order valence-corrected chi connectivity index (χ3v) is 6.58. The predicted molar refractivity (Wildman–Crippen MR) is 109 cm³/mol. The third-order valence-electron chi connectivity index (χ3n) is 3.92. The average molecular weight is 412 g/mol. The molecular formula is C19H17Cl3N2S. The Hall–Kier alpha value is -1.13. The van der Waals surface area contributed by atoms with Gasteiger partial charge in [0.25, 0.3) is 0 Å². The first-order valence-electron chi connectivity index (χ1n) is 7.94. The molecule has 0 aliphatic heterocycles. The van der Waals surface area contributed by atoms with E-state index in [1.807, 2.05) is 48.9 Å². The summed E-state index contributed by atoms with van der Waals surface area (Å²) in [5.74, 6) is 0. The molecule has 1 atom stereocenters. The van der Waals surface area contributed by atoms with E-state index in [9.17, 15) is 0 Å². The number of nitrogens with zero attached hydrogens (tertiary/aromatic N) is 2. The molecule has 0 N–H and O–H groups in total. The summed E-state index contributed by atoms with van der Waals surface area (Å²) in [7, 11) is 0. The van der Waals surface area contributed by atoms with Crippen LogP contribution in [0.1, 0.15) is 13.3 Å². The predicted octanol–water partition coefficient (Wildman–Crippen LogP) is 7.08. The molecule has 2 nitrogen and oxygen atoms in total. The van der Waals surface area contributed by atoms with E-state index in [0.29, 0.717) is 20.3 Å². The van der Waals surface area contributed by atoms with Crippen molar-refractivity contribution in [3.63, 3.8) is 0 Å². The van der Waals surface area contributed by atoms with Gasteiger partial charge >= 0.3 is 0 Å². The second-order valence-corrected chi connectivity index (χ2v) is 8.18. The molecule has 0 spiro atoms. The fraction of sp³-hybridized carbons (Fsp3) is 0.211. The Balaban J connectivity index is 1.89. The van der Waals surface area contributed by atoms with Crippen LogP contribution in [0.15, 0.2) is 60.0 Å². The molecule has 3 rings (SSSR count). The van der Waals surface area contributed by atoms with Crippen molar-refractivity contribution in [2.24, 2.45) is 0 Å². The maximum Gasteiger partial charge on any atom is 0.0946 e. The Kier molecular flexibility index (Phi) is 6.34. The van der Waals surface area contributed by atoms with Crippen LogP contribution in [-0.2, 0) is 6.54 Å². The van der Waals surface area contributed by atoms with Crippen LogP contribution in [0.5, 0.6) is 0 Å².